The smallest absolute Gasteiger partial charge is 0.323 e. The molecule has 0 radical (unpaired) electrons. The third-order valence-corrected chi connectivity index (χ3v) is 5.62. The highest BCUT2D eigenvalue weighted by Gasteiger charge is 2.28. The molecule has 2 heterocycles. The molecule has 0 amide bonds. The number of fused-ring (bicyclic) bond motifs is 1. The Balaban J connectivity index is 1.92. The second kappa shape index (κ2) is 4.38. The molecule has 1 aliphatic heterocycles. The van der Waals surface area contributed by atoms with Crippen LogP contribution in [0.5, 0.6) is 0 Å². The number of imidazole rings is 1. The van der Waals surface area contributed by atoms with Gasteiger partial charge in [0.25, 0.3) is 0 Å². The molecule has 1 fully saturated rings. The molecule has 2 aromatic rings. The van der Waals surface area contributed by atoms with Crippen molar-refractivity contribution < 1.29 is 8.42 Å². The molecule has 6 nitrogen and oxygen atoms in total. The maximum atomic E-state index is 11.4. The van der Waals surface area contributed by atoms with Crippen molar-refractivity contribution in [2.75, 3.05) is 16.8 Å². The van der Waals surface area contributed by atoms with Gasteiger partial charge in [-0.3, -0.25) is 0 Å². The molecular formula is C11H12BrN3O3S. The van der Waals surface area contributed by atoms with Gasteiger partial charge in [0, 0.05) is 10.5 Å². The van der Waals surface area contributed by atoms with Crippen LogP contribution in [-0.2, 0) is 9.84 Å². The van der Waals surface area contributed by atoms with Gasteiger partial charge in [-0.05, 0) is 34.5 Å². The molecule has 0 spiro atoms. The van der Waals surface area contributed by atoms with Gasteiger partial charge in [0.1, 0.15) is 0 Å². The van der Waals surface area contributed by atoms with Crippen molar-refractivity contribution in [2.24, 2.45) is 0 Å². The van der Waals surface area contributed by atoms with Crippen LogP contribution < -0.4 is 11.0 Å². The van der Waals surface area contributed by atoms with E-state index < -0.39 is 9.84 Å². The predicted octanol–water partition coefficient (Wildman–Crippen LogP) is 1.22. The van der Waals surface area contributed by atoms with Crippen molar-refractivity contribution in [1.29, 1.82) is 0 Å². The molecule has 8 heteroatoms. The van der Waals surface area contributed by atoms with Crippen molar-refractivity contribution in [3.05, 3.63) is 27.1 Å². The lowest BCUT2D eigenvalue weighted by Gasteiger charge is -2.14. The van der Waals surface area contributed by atoms with Crippen molar-refractivity contribution in [1.82, 2.24) is 9.97 Å². The van der Waals surface area contributed by atoms with E-state index in [9.17, 15) is 13.2 Å². The summed E-state index contributed by atoms with van der Waals surface area (Å²) in [7, 11) is -2.91. The first-order valence-electron chi connectivity index (χ1n) is 5.81. The Labute approximate surface area is 117 Å². The molecule has 0 aliphatic carbocycles. The first kappa shape index (κ1) is 12.7. The Hall–Kier alpha value is -1.28. The Kier molecular flexibility index (Phi) is 2.94. The van der Waals surface area contributed by atoms with E-state index in [-0.39, 0.29) is 23.2 Å². The maximum Gasteiger partial charge on any atom is 0.323 e. The number of benzene rings is 1. The molecule has 1 unspecified atom stereocenters. The van der Waals surface area contributed by atoms with E-state index in [1.807, 2.05) is 0 Å². The minimum atomic E-state index is -2.91. The number of halogens is 1. The third kappa shape index (κ3) is 2.55. The van der Waals surface area contributed by atoms with Gasteiger partial charge >= 0.3 is 5.69 Å². The molecule has 1 aromatic carbocycles. The summed E-state index contributed by atoms with van der Waals surface area (Å²) in [5.41, 5.74) is 1.92. The predicted molar refractivity (Wildman–Crippen MR) is 77.3 cm³/mol. The van der Waals surface area contributed by atoms with Crippen LogP contribution in [0.1, 0.15) is 6.42 Å². The molecule has 3 rings (SSSR count). The van der Waals surface area contributed by atoms with Gasteiger partial charge in [-0.1, -0.05) is 0 Å². The number of aromatic amines is 2. The standard InChI is InChI=1S/C11H12BrN3O3S/c12-7-3-9-10(15-11(16)14-9)4-8(7)13-6-1-2-19(17,18)5-6/h3-4,6,13H,1-2,5H2,(H2,14,15,16). The summed E-state index contributed by atoms with van der Waals surface area (Å²) in [6, 6.07) is 3.51. The fraction of sp³-hybridized carbons (Fsp3) is 0.364. The van der Waals surface area contributed by atoms with Gasteiger partial charge in [0.05, 0.1) is 28.2 Å². The molecule has 3 N–H and O–H groups in total. The molecule has 1 atom stereocenters. The largest absolute Gasteiger partial charge is 0.380 e. The summed E-state index contributed by atoms with van der Waals surface area (Å²) in [6.07, 6.45) is 0.608. The van der Waals surface area contributed by atoms with Gasteiger partial charge in [0.2, 0.25) is 0 Å². The first-order valence-corrected chi connectivity index (χ1v) is 8.43. The van der Waals surface area contributed by atoms with E-state index in [1.165, 1.54) is 0 Å². The number of anilines is 1. The number of nitrogens with one attached hydrogen (secondary N) is 3. The number of hydrogen-bond donors (Lipinski definition) is 3. The summed E-state index contributed by atoms with van der Waals surface area (Å²) >= 11 is 3.41. The highest BCUT2D eigenvalue weighted by Crippen LogP contribution is 2.28. The number of aromatic nitrogens is 2. The maximum absolute atomic E-state index is 11.4. The van der Waals surface area contributed by atoms with E-state index in [2.05, 4.69) is 31.2 Å². The second-order valence-electron chi connectivity index (χ2n) is 4.70. The van der Waals surface area contributed by atoms with E-state index in [0.717, 1.165) is 10.2 Å². The van der Waals surface area contributed by atoms with Crippen LogP contribution >= 0.6 is 15.9 Å². The van der Waals surface area contributed by atoms with Crippen molar-refractivity contribution in [2.45, 2.75) is 12.5 Å². The molecule has 19 heavy (non-hydrogen) atoms. The lowest BCUT2D eigenvalue weighted by molar-refractivity contribution is 0.602. The minimum Gasteiger partial charge on any atom is -0.380 e. The second-order valence-corrected chi connectivity index (χ2v) is 7.78. The fourth-order valence-corrected chi connectivity index (χ4v) is 4.43. The topological polar surface area (TPSA) is 94.8 Å². The molecule has 0 bridgehead atoms. The fourth-order valence-electron chi connectivity index (χ4n) is 2.30. The molecule has 1 saturated heterocycles. The Morgan fingerprint density at radius 3 is 2.58 bits per heavy atom. The molecule has 1 aromatic heterocycles. The Bertz CT molecular complexity index is 793. The molecular weight excluding hydrogens is 334 g/mol. The monoisotopic (exact) mass is 345 g/mol. The minimum absolute atomic E-state index is 0.0792. The van der Waals surface area contributed by atoms with Crippen LogP contribution in [0.4, 0.5) is 5.69 Å². The van der Waals surface area contributed by atoms with Crippen LogP contribution in [0.15, 0.2) is 21.4 Å². The normalized spacial score (nSPS) is 21.8. The SMILES string of the molecule is O=c1[nH]c2cc(Br)c(NC3CCS(=O)(=O)C3)cc2[nH]1. The van der Waals surface area contributed by atoms with Gasteiger partial charge < -0.3 is 15.3 Å². The summed E-state index contributed by atoms with van der Waals surface area (Å²) in [5, 5.41) is 3.20. The van der Waals surface area contributed by atoms with Crippen molar-refractivity contribution >= 4 is 42.5 Å². The highest BCUT2D eigenvalue weighted by molar-refractivity contribution is 9.10. The van der Waals surface area contributed by atoms with E-state index in [0.29, 0.717) is 17.5 Å². The lowest BCUT2D eigenvalue weighted by Crippen LogP contribution is -2.20. The average molecular weight is 346 g/mol. The van der Waals surface area contributed by atoms with Gasteiger partial charge in [-0.15, -0.1) is 0 Å². The number of sulfone groups is 1. The molecule has 1 aliphatic rings. The van der Waals surface area contributed by atoms with Crippen LogP contribution in [0.3, 0.4) is 0 Å². The van der Waals surface area contributed by atoms with E-state index in [1.54, 1.807) is 12.1 Å². The van der Waals surface area contributed by atoms with Gasteiger partial charge in [-0.2, -0.15) is 0 Å². The zero-order valence-electron chi connectivity index (χ0n) is 9.86. The van der Waals surface area contributed by atoms with E-state index >= 15 is 0 Å². The Morgan fingerprint density at radius 1 is 1.26 bits per heavy atom. The first-order chi connectivity index (χ1) is 8.93. The van der Waals surface area contributed by atoms with Crippen LogP contribution in [0, 0.1) is 0 Å². The van der Waals surface area contributed by atoms with Crippen LogP contribution in [-0.4, -0.2) is 35.9 Å². The molecule has 0 saturated carbocycles. The Morgan fingerprint density at radius 2 is 1.95 bits per heavy atom. The average Bonchev–Trinajstić information content (AvgIpc) is 2.81. The van der Waals surface area contributed by atoms with Gasteiger partial charge in [0.15, 0.2) is 9.84 Å². The van der Waals surface area contributed by atoms with E-state index in [4.69, 9.17) is 0 Å². The zero-order valence-corrected chi connectivity index (χ0v) is 12.3. The number of hydrogen-bond acceptors (Lipinski definition) is 4. The zero-order chi connectivity index (χ0) is 13.6. The summed E-state index contributed by atoms with van der Waals surface area (Å²) in [5.74, 6) is 0.382. The summed E-state index contributed by atoms with van der Waals surface area (Å²) in [4.78, 5) is 16.6. The lowest BCUT2D eigenvalue weighted by atomic mass is 10.2. The van der Waals surface area contributed by atoms with Gasteiger partial charge in [-0.25, -0.2) is 13.2 Å². The third-order valence-electron chi connectivity index (χ3n) is 3.20. The number of rotatable bonds is 2. The summed E-state index contributed by atoms with van der Waals surface area (Å²) in [6.45, 7) is 0. The highest BCUT2D eigenvalue weighted by atomic mass is 79.9. The quantitative estimate of drug-likeness (QED) is 0.762. The number of H-pyrrole nitrogens is 2. The van der Waals surface area contributed by atoms with Crippen LogP contribution in [0.2, 0.25) is 0 Å². The van der Waals surface area contributed by atoms with Crippen molar-refractivity contribution in [3.63, 3.8) is 0 Å². The molecule has 102 valence electrons. The van der Waals surface area contributed by atoms with Crippen LogP contribution in [0.25, 0.3) is 11.0 Å². The van der Waals surface area contributed by atoms with Crippen molar-refractivity contribution in [3.8, 4) is 0 Å². The summed E-state index contributed by atoms with van der Waals surface area (Å²) < 4.78 is 23.6.